The van der Waals surface area contributed by atoms with E-state index in [4.69, 9.17) is 6.42 Å². The van der Waals surface area contributed by atoms with E-state index < -0.39 is 11.5 Å². The highest BCUT2D eigenvalue weighted by atomic mass is 19.1. The van der Waals surface area contributed by atoms with Crippen LogP contribution in [-0.2, 0) is 6.54 Å². The van der Waals surface area contributed by atoms with Crippen LogP contribution >= 0.6 is 0 Å². The second kappa shape index (κ2) is 2.97. The van der Waals surface area contributed by atoms with E-state index in [0.29, 0.717) is 0 Å². The Labute approximate surface area is 62.5 Å². The van der Waals surface area contributed by atoms with Crippen LogP contribution in [0.3, 0.4) is 0 Å². The van der Waals surface area contributed by atoms with Crippen molar-refractivity contribution in [2.75, 3.05) is 0 Å². The van der Waals surface area contributed by atoms with Crippen LogP contribution in [0.25, 0.3) is 0 Å². The fraction of sp³-hybridized carbons (Fsp3) is 0.143. The summed E-state index contributed by atoms with van der Waals surface area (Å²) >= 11 is 0. The summed E-state index contributed by atoms with van der Waals surface area (Å²) in [7, 11) is 0. The van der Waals surface area contributed by atoms with Crippen LogP contribution in [0.2, 0.25) is 0 Å². The molecule has 56 valence electrons. The van der Waals surface area contributed by atoms with Gasteiger partial charge in [-0.15, -0.1) is 6.42 Å². The maximum atomic E-state index is 12.4. The molecule has 0 spiro atoms. The summed E-state index contributed by atoms with van der Waals surface area (Å²) in [4.78, 5) is 14.0. The summed E-state index contributed by atoms with van der Waals surface area (Å²) in [6.45, 7) is 0.0452. The van der Waals surface area contributed by atoms with E-state index >= 15 is 0 Å². The molecule has 1 rings (SSSR count). The van der Waals surface area contributed by atoms with E-state index in [1.165, 1.54) is 0 Å². The number of hydrogen-bond acceptors (Lipinski definition) is 2. The third kappa shape index (κ3) is 1.64. The van der Waals surface area contributed by atoms with Gasteiger partial charge >= 0.3 is 5.69 Å². The molecule has 0 bridgehead atoms. The minimum absolute atomic E-state index is 0.0452. The van der Waals surface area contributed by atoms with Gasteiger partial charge in [0.1, 0.15) is 0 Å². The van der Waals surface area contributed by atoms with Crippen LogP contribution in [0.1, 0.15) is 0 Å². The lowest BCUT2D eigenvalue weighted by Gasteiger charge is -1.96. The molecule has 0 aliphatic heterocycles. The highest BCUT2D eigenvalue weighted by molar-refractivity contribution is 4.91. The van der Waals surface area contributed by atoms with Gasteiger partial charge in [-0.2, -0.15) is 4.98 Å². The SMILES string of the molecule is C#CCn1cc(F)cnc1=O. The molecule has 0 saturated heterocycles. The van der Waals surface area contributed by atoms with Gasteiger partial charge in [-0.1, -0.05) is 5.92 Å². The molecule has 0 aliphatic rings. The van der Waals surface area contributed by atoms with Crippen LogP contribution in [0, 0.1) is 18.2 Å². The number of rotatable bonds is 1. The third-order valence-electron chi connectivity index (χ3n) is 1.08. The summed E-state index contributed by atoms with van der Waals surface area (Å²) in [5, 5.41) is 0. The molecule has 0 amide bonds. The highest BCUT2D eigenvalue weighted by Crippen LogP contribution is 1.87. The first-order chi connectivity index (χ1) is 5.24. The third-order valence-corrected chi connectivity index (χ3v) is 1.08. The maximum Gasteiger partial charge on any atom is 0.348 e. The van der Waals surface area contributed by atoms with E-state index in [-0.39, 0.29) is 6.54 Å². The lowest BCUT2D eigenvalue weighted by Crippen LogP contribution is -2.21. The first-order valence-electron chi connectivity index (χ1n) is 2.89. The predicted molar refractivity (Wildman–Crippen MR) is 37.3 cm³/mol. The monoisotopic (exact) mass is 152 g/mol. The molecule has 0 unspecified atom stereocenters. The van der Waals surface area contributed by atoms with Crippen LogP contribution in [-0.4, -0.2) is 9.55 Å². The highest BCUT2D eigenvalue weighted by Gasteiger charge is 1.95. The summed E-state index contributed by atoms with van der Waals surface area (Å²) < 4.78 is 13.4. The molecule has 11 heavy (non-hydrogen) atoms. The Morgan fingerprint density at radius 1 is 1.82 bits per heavy atom. The second-order valence-electron chi connectivity index (χ2n) is 1.89. The van der Waals surface area contributed by atoms with Gasteiger partial charge in [0.25, 0.3) is 0 Å². The minimum Gasteiger partial charge on any atom is -0.285 e. The zero-order valence-corrected chi connectivity index (χ0v) is 5.62. The van der Waals surface area contributed by atoms with Gasteiger partial charge in [0.05, 0.1) is 12.7 Å². The lowest BCUT2D eigenvalue weighted by molar-refractivity contribution is 0.584. The van der Waals surface area contributed by atoms with Crippen molar-refractivity contribution in [3.05, 3.63) is 28.7 Å². The Balaban J connectivity index is 3.15. The van der Waals surface area contributed by atoms with Gasteiger partial charge in [-0.3, -0.25) is 4.57 Å². The van der Waals surface area contributed by atoms with Crippen molar-refractivity contribution in [3.8, 4) is 12.3 Å². The zero-order valence-electron chi connectivity index (χ0n) is 5.62. The molecule has 0 N–H and O–H groups in total. The molecule has 1 aromatic heterocycles. The Bertz CT molecular complexity index is 350. The molecule has 0 saturated carbocycles. The van der Waals surface area contributed by atoms with E-state index in [1.807, 2.05) is 0 Å². The molecule has 1 heterocycles. The largest absolute Gasteiger partial charge is 0.348 e. The predicted octanol–water partition coefficient (Wildman–Crippen LogP) is 0.0156. The van der Waals surface area contributed by atoms with Gasteiger partial charge in [-0.05, 0) is 0 Å². The van der Waals surface area contributed by atoms with Crippen LogP contribution in [0.5, 0.6) is 0 Å². The minimum atomic E-state index is -0.570. The number of terminal acetylenes is 1. The van der Waals surface area contributed by atoms with Crippen molar-refractivity contribution >= 4 is 0 Å². The smallest absolute Gasteiger partial charge is 0.285 e. The number of nitrogens with zero attached hydrogens (tertiary/aromatic N) is 2. The maximum absolute atomic E-state index is 12.4. The average molecular weight is 152 g/mol. The molecule has 0 radical (unpaired) electrons. The van der Waals surface area contributed by atoms with E-state index in [2.05, 4.69) is 10.9 Å². The molecule has 0 aliphatic carbocycles. The van der Waals surface area contributed by atoms with Gasteiger partial charge in [-0.25, -0.2) is 9.18 Å². The average Bonchev–Trinajstić information content (AvgIpc) is 1.98. The van der Waals surface area contributed by atoms with Crippen LogP contribution in [0.15, 0.2) is 17.2 Å². The summed E-state index contributed by atoms with van der Waals surface area (Å²) in [5.41, 5.74) is -0.538. The molecule has 0 aromatic carbocycles. The van der Waals surface area contributed by atoms with Crippen molar-refractivity contribution < 1.29 is 4.39 Å². The molecular formula is C7H5FN2O. The van der Waals surface area contributed by atoms with Gasteiger partial charge in [0, 0.05) is 6.20 Å². The van der Waals surface area contributed by atoms with Gasteiger partial charge < -0.3 is 0 Å². The molecule has 1 aromatic rings. The first kappa shape index (κ1) is 7.48. The van der Waals surface area contributed by atoms with Gasteiger partial charge in [0.15, 0.2) is 5.82 Å². The normalized spacial score (nSPS) is 9.09. The van der Waals surface area contributed by atoms with Crippen molar-refractivity contribution in [2.24, 2.45) is 0 Å². The summed E-state index contributed by atoms with van der Waals surface area (Å²) in [5.74, 6) is 1.64. The Morgan fingerprint density at radius 3 is 3.18 bits per heavy atom. The molecular weight excluding hydrogens is 147 g/mol. The molecule has 4 heteroatoms. The Morgan fingerprint density at radius 2 is 2.55 bits per heavy atom. The first-order valence-corrected chi connectivity index (χ1v) is 2.89. The fourth-order valence-electron chi connectivity index (χ4n) is 0.640. The summed E-state index contributed by atoms with van der Waals surface area (Å²) in [6, 6.07) is 0. The Hall–Kier alpha value is -1.63. The quantitative estimate of drug-likeness (QED) is 0.531. The number of halogens is 1. The lowest BCUT2D eigenvalue weighted by atomic mass is 10.6. The second-order valence-corrected chi connectivity index (χ2v) is 1.89. The van der Waals surface area contributed by atoms with Crippen molar-refractivity contribution in [2.45, 2.75) is 6.54 Å². The molecule has 3 nitrogen and oxygen atoms in total. The van der Waals surface area contributed by atoms with E-state index in [0.717, 1.165) is 17.0 Å². The summed E-state index contributed by atoms with van der Waals surface area (Å²) in [6.07, 6.45) is 6.80. The molecule has 0 atom stereocenters. The van der Waals surface area contributed by atoms with E-state index in [9.17, 15) is 9.18 Å². The van der Waals surface area contributed by atoms with Crippen LogP contribution in [0.4, 0.5) is 4.39 Å². The van der Waals surface area contributed by atoms with E-state index in [1.54, 1.807) is 0 Å². The fourth-order valence-corrected chi connectivity index (χ4v) is 0.640. The standard InChI is InChI=1S/C7H5FN2O/c1-2-3-10-5-6(8)4-9-7(10)11/h1,4-5H,3H2. The van der Waals surface area contributed by atoms with Crippen molar-refractivity contribution in [1.29, 1.82) is 0 Å². The Kier molecular flexibility index (Phi) is 2.02. The topological polar surface area (TPSA) is 34.9 Å². The van der Waals surface area contributed by atoms with Crippen LogP contribution < -0.4 is 5.69 Å². The van der Waals surface area contributed by atoms with Crippen molar-refractivity contribution in [3.63, 3.8) is 0 Å². The number of hydrogen-bond donors (Lipinski definition) is 0. The molecule has 0 fully saturated rings. The number of aromatic nitrogens is 2. The van der Waals surface area contributed by atoms with Crippen molar-refractivity contribution in [1.82, 2.24) is 9.55 Å². The van der Waals surface area contributed by atoms with Gasteiger partial charge in [0.2, 0.25) is 0 Å². The zero-order chi connectivity index (χ0) is 8.27.